The summed E-state index contributed by atoms with van der Waals surface area (Å²) in [6, 6.07) is 11.3. The van der Waals surface area contributed by atoms with Gasteiger partial charge in [-0.25, -0.2) is 0 Å². The lowest BCUT2D eigenvalue weighted by molar-refractivity contribution is 0.630. The summed E-state index contributed by atoms with van der Waals surface area (Å²) in [5.74, 6) is 0. The highest BCUT2D eigenvalue weighted by atomic mass is 127. The molecular weight excluding hydrogens is 341 g/mol. The van der Waals surface area contributed by atoms with E-state index in [2.05, 4.69) is 77.5 Å². The molecular formula is C14H16INS. The fourth-order valence-electron chi connectivity index (χ4n) is 1.99. The number of aryl methyl sites for hydroxylation is 1. The molecule has 0 spiro atoms. The van der Waals surface area contributed by atoms with Crippen LogP contribution in [0.25, 0.3) is 0 Å². The second kappa shape index (κ2) is 5.98. The van der Waals surface area contributed by atoms with Gasteiger partial charge in [0.1, 0.15) is 0 Å². The van der Waals surface area contributed by atoms with Crippen LogP contribution < -0.4 is 5.32 Å². The molecule has 0 amide bonds. The molecule has 0 saturated heterocycles. The summed E-state index contributed by atoms with van der Waals surface area (Å²) in [6.07, 6.45) is 0. The Bertz CT molecular complexity index is 492. The first kappa shape index (κ1) is 13.1. The quantitative estimate of drug-likeness (QED) is 0.802. The monoisotopic (exact) mass is 357 g/mol. The molecule has 1 nitrogen and oxygen atoms in total. The molecule has 1 atom stereocenters. The maximum absolute atomic E-state index is 3.57. The van der Waals surface area contributed by atoms with E-state index >= 15 is 0 Å². The van der Waals surface area contributed by atoms with Gasteiger partial charge in [0.05, 0.1) is 6.04 Å². The van der Waals surface area contributed by atoms with Crippen molar-refractivity contribution >= 4 is 33.9 Å². The molecule has 0 radical (unpaired) electrons. The molecule has 3 heteroatoms. The van der Waals surface area contributed by atoms with Crippen molar-refractivity contribution in [2.24, 2.45) is 0 Å². The molecule has 1 aromatic carbocycles. The van der Waals surface area contributed by atoms with E-state index in [9.17, 15) is 0 Å². The van der Waals surface area contributed by atoms with Crippen LogP contribution in [0.3, 0.4) is 0 Å². The number of hydrogen-bond donors (Lipinski definition) is 1. The first-order valence-corrected chi connectivity index (χ1v) is 7.71. The zero-order chi connectivity index (χ0) is 12.3. The van der Waals surface area contributed by atoms with Gasteiger partial charge in [-0.15, -0.1) is 11.3 Å². The van der Waals surface area contributed by atoms with Crippen molar-refractivity contribution in [1.82, 2.24) is 5.32 Å². The average molecular weight is 357 g/mol. The van der Waals surface area contributed by atoms with Gasteiger partial charge in [-0.05, 0) is 70.8 Å². The fourth-order valence-corrected chi connectivity index (χ4v) is 3.30. The van der Waals surface area contributed by atoms with Gasteiger partial charge in [0.2, 0.25) is 0 Å². The minimum atomic E-state index is 0.320. The number of hydrogen-bond acceptors (Lipinski definition) is 2. The van der Waals surface area contributed by atoms with E-state index in [1.54, 1.807) is 0 Å². The molecule has 0 aliphatic carbocycles. The molecule has 0 bridgehead atoms. The van der Waals surface area contributed by atoms with Crippen LogP contribution in [0, 0.1) is 10.5 Å². The molecule has 0 aliphatic heterocycles. The van der Waals surface area contributed by atoms with E-state index < -0.39 is 0 Å². The Balaban J connectivity index is 2.39. The Morgan fingerprint density at radius 1 is 1.35 bits per heavy atom. The molecule has 1 heterocycles. The zero-order valence-electron chi connectivity index (χ0n) is 10.0. The van der Waals surface area contributed by atoms with Gasteiger partial charge in [-0.3, -0.25) is 0 Å². The lowest BCUT2D eigenvalue weighted by Crippen LogP contribution is -2.22. The lowest BCUT2D eigenvalue weighted by atomic mass is 9.99. The van der Waals surface area contributed by atoms with Crippen LogP contribution in [0.4, 0.5) is 0 Å². The Hall–Kier alpha value is -0.390. The maximum Gasteiger partial charge on any atom is 0.0587 e. The number of benzene rings is 1. The SMILES string of the molecule is CCNC(c1cccc(I)c1)c1ccsc1C. The van der Waals surface area contributed by atoms with E-state index in [-0.39, 0.29) is 0 Å². The predicted molar refractivity (Wildman–Crippen MR) is 83.7 cm³/mol. The van der Waals surface area contributed by atoms with Crippen molar-refractivity contribution in [1.29, 1.82) is 0 Å². The minimum Gasteiger partial charge on any atom is -0.306 e. The molecule has 1 N–H and O–H groups in total. The van der Waals surface area contributed by atoms with Crippen LogP contribution in [-0.4, -0.2) is 6.54 Å². The Morgan fingerprint density at radius 2 is 2.18 bits per heavy atom. The summed E-state index contributed by atoms with van der Waals surface area (Å²) >= 11 is 4.18. The van der Waals surface area contributed by atoms with E-state index in [4.69, 9.17) is 0 Å². The summed E-state index contributed by atoms with van der Waals surface area (Å²) in [4.78, 5) is 1.40. The fraction of sp³-hybridized carbons (Fsp3) is 0.286. The smallest absolute Gasteiger partial charge is 0.0587 e. The molecule has 0 aliphatic rings. The maximum atomic E-state index is 3.57. The first-order chi connectivity index (χ1) is 8.22. The zero-order valence-corrected chi connectivity index (χ0v) is 13.0. The van der Waals surface area contributed by atoms with E-state index in [1.165, 1.54) is 19.6 Å². The van der Waals surface area contributed by atoms with Crippen LogP contribution in [0.15, 0.2) is 35.7 Å². The summed E-state index contributed by atoms with van der Waals surface area (Å²) in [7, 11) is 0. The topological polar surface area (TPSA) is 12.0 Å². The van der Waals surface area contributed by atoms with Gasteiger partial charge in [0.25, 0.3) is 0 Å². The second-order valence-electron chi connectivity index (χ2n) is 3.98. The van der Waals surface area contributed by atoms with Crippen molar-refractivity contribution < 1.29 is 0 Å². The minimum absolute atomic E-state index is 0.320. The number of halogens is 1. The van der Waals surface area contributed by atoms with Gasteiger partial charge < -0.3 is 5.32 Å². The third kappa shape index (κ3) is 3.09. The van der Waals surface area contributed by atoms with E-state index in [1.807, 2.05) is 11.3 Å². The van der Waals surface area contributed by atoms with Gasteiger partial charge in [0, 0.05) is 8.45 Å². The first-order valence-electron chi connectivity index (χ1n) is 5.75. The Kier molecular flexibility index (Phi) is 4.59. The van der Waals surface area contributed by atoms with Crippen LogP contribution in [0.5, 0.6) is 0 Å². The average Bonchev–Trinajstić information content (AvgIpc) is 2.72. The van der Waals surface area contributed by atoms with Gasteiger partial charge in [0.15, 0.2) is 0 Å². The molecule has 90 valence electrons. The van der Waals surface area contributed by atoms with Gasteiger partial charge >= 0.3 is 0 Å². The number of rotatable bonds is 4. The van der Waals surface area contributed by atoms with Crippen LogP contribution in [-0.2, 0) is 0 Å². The molecule has 17 heavy (non-hydrogen) atoms. The third-order valence-corrected chi connectivity index (χ3v) is 4.33. The van der Waals surface area contributed by atoms with E-state index in [0.717, 1.165) is 6.54 Å². The van der Waals surface area contributed by atoms with Crippen molar-refractivity contribution in [2.75, 3.05) is 6.54 Å². The largest absolute Gasteiger partial charge is 0.306 e. The standard InChI is InChI=1S/C14H16INS/c1-3-16-14(13-7-8-17-10(13)2)11-5-4-6-12(15)9-11/h4-9,14,16H,3H2,1-2H3. The highest BCUT2D eigenvalue weighted by Crippen LogP contribution is 2.28. The van der Waals surface area contributed by atoms with Gasteiger partial charge in [-0.2, -0.15) is 0 Å². The van der Waals surface area contributed by atoms with Crippen molar-refractivity contribution in [3.63, 3.8) is 0 Å². The van der Waals surface area contributed by atoms with Crippen molar-refractivity contribution in [2.45, 2.75) is 19.9 Å². The summed E-state index contributed by atoms with van der Waals surface area (Å²) in [5.41, 5.74) is 2.75. The summed E-state index contributed by atoms with van der Waals surface area (Å²) < 4.78 is 1.29. The van der Waals surface area contributed by atoms with E-state index in [0.29, 0.717) is 6.04 Å². The highest BCUT2D eigenvalue weighted by Gasteiger charge is 2.15. The Morgan fingerprint density at radius 3 is 2.76 bits per heavy atom. The molecule has 0 saturated carbocycles. The third-order valence-electron chi connectivity index (χ3n) is 2.80. The molecule has 2 aromatic rings. The Labute approximate surface area is 120 Å². The molecule has 2 rings (SSSR count). The summed E-state index contributed by atoms with van der Waals surface area (Å²) in [6.45, 7) is 5.33. The normalized spacial score (nSPS) is 12.6. The number of nitrogens with one attached hydrogen (secondary N) is 1. The van der Waals surface area contributed by atoms with Crippen LogP contribution in [0.1, 0.15) is 29.0 Å². The molecule has 1 aromatic heterocycles. The second-order valence-corrected chi connectivity index (χ2v) is 6.34. The van der Waals surface area contributed by atoms with Gasteiger partial charge in [-0.1, -0.05) is 19.1 Å². The van der Waals surface area contributed by atoms with Crippen molar-refractivity contribution in [3.8, 4) is 0 Å². The predicted octanol–water partition coefficient (Wildman–Crippen LogP) is 4.36. The van der Waals surface area contributed by atoms with Crippen molar-refractivity contribution in [3.05, 3.63) is 55.3 Å². The summed E-state index contributed by atoms with van der Waals surface area (Å²) in [5, 5.41) is 5.74. The molecule has 0 fully saturated rings. The van der Waals surface area contributed by atoms with Crippen LogP contribution >= 0.6 is 33.9 Å². The molecule has 1 unspecified atom stereocenters. The van der Waals surface area contributed by atoms with Crippen LogP contribution in [0.2, 0.25) is 0 Å². The lowest BCUT2D eigenvalue weighted by Gasteiger charge is -2.19. The number of thiophene rings is 1. The highest BCUT2D eigenvalue weighted by molar-refractivity contribution is 14.1.